The lowest BCUT2D eigenvalue weighted by molar-refractivity contribution is 0.177. The van der Waals surface area contributed by atoms with Crippen LogP contribution in [0.2, 0.25) is 0 Å². The largest absolute Gasteiger partial charge is 0.344 e. The third-order valence-corrected chi connectivity index (χ3v) is 6.72. The lowest BCUT2D eigenvalue weighted by atomic mass is 10.0. The molecule has 5 heteroatoms. The van der Waals surface area contributed by atoms with E-state index >= 15 is 0 Å². The van der Waals surface area contributed by atoms with Gasteiger partial charge in [-0.2, -0.15) is 0 Å². The van der Waals surface area contributed by atoms with Crippen molar-refractivity contribution in [2.75, 3.05) is 31.5 Å². The summed E-state index contributed by atoms with van der Waals surface area (Å²) in [6, 6.07) is 12.8. The number of likely N-dealkylation sites (tertiary alicyclic amines) is 1. The summed E-state index contributed by atoms with van der Waals surface area (Å²) in [7, 11) is 0. The Hall–Kier alpha value is -1.43. The quantitative estimate of drug-likeness (QED) is 0.563. The molecular weight excluding hydrogens is 382 g/mol. The molecule has 3 rings (SSSR count). The maximum atomic E-state index is 5.83. The third-order valence-electron chi connectivity index (χ3n) is 5.50. The van der Waals surface area contributed by atoms with Crippen LogP contribution >= 0.6 is 23.6 Å². The summed E-state index contributed by atoms with van der Waals surface area (Å²) in [6.45, 7) is 10.1. The average molecular weight is 416 g/mol. The van der Waals surface area contributed by atoms with Crippen LogP contribution in [-0.4, -0.2) is 41.1 Å². The van der Waals surface area contributed by atoms with Crippen LogP contribution in [0, 0.1) is 5.92 Å². The van der Waals surface area contributed by atoms with Crippen molar-refractivity contribution in [3.05, 3.63) is 52.2 Å². The predicted molar refractivity (Wildman–Crippen MR) is 126 cm³/mol. The highest BCUT2D eigenvalue weighted by Gasteiger charge is 2.17. The summed E-state index contributed by atoms with van der Waals surface area (Å²) < 4.78 is 0. The molecule has 28 heavy (non-hydrogen) atoms. The molecule has 2 heterocycles. The SMILES string of the molecule is CCc1ccccc1NC(=S)N(CCCN1CCC[C@@H](C)C1)Cc1cccs1. The Morgan fingerprint density at radius 3 is 2.89 bits per heavy atom. The van der Waals surface area contributed by atoms with Gasteiger partial charge in [0.25, 0.3) is 0 Å². The topological polar surface area (TPSA) is 18.5 Å². The monoisotopic (exact) mass is 415 g/mol. The minimum Gasteiger partial charge on any atom is -0.344 e. The lowest BCUT2D eigenvalue weighted by Gasteiger charge is -2.32. The number of para-hydroxylation sites is 1. The van der Waals surface area contributed by atoms with Gasteiger partial charge >= 0.3 is 0 Å². The minimum absolute atomic E-state index is 0.835. The van der Waals surface area contributed by atoms with Crippen molar-refractivity contribution < 1.29 is 0 Å². The summed E-state index contributed by atoms with van der Waals surface area (Å²) in [5.41, 5.74) is 2.44. The number of thiophene rings is 1. The number of nitrogens with one attached hydrogen (secondary N) is 1. The van der Waals surface area contributed by atoms with Crippen LogP contribution in [-0.2, 0) is 13.0 Å². The molecule has 1 aromatic carbocycles. The molecule has 3 nitrogen and oxygen atoms in total. The molecule has 0 unspecified atom stereocenters. The molecule has 1 aromatic heterocycles. The van der Waals surface area contributed by atoms with E-state index in [2.05, 4.69) is 70.7 Å². The predicted octanol–water partition coefficient (Wildman–Crippen LogP) is 5.63. The van der Waals surface area contributed by atoms with E-state index in [0.29, 0.717) is 0 Å². The Morgan fingerprint density at radius 2 is 2.14 bits per heavy atom. The maximum absolute atomic E-state index is 5.83. The number of rotatable bonds is 8. The van der Waals surface area contributed by atoms with Gasteiger partial charge in [0, 0.05) is 23.7 Å². The molecule has 1 N–H and O–H groups in total. The number of nitrogens with zero attached hydrogens (tertiary/aromatic N) is 2. The molecule has 2 aromatic rings. The van der Waals surface area contributed by atoms with Crippen molar-refractivity contribution in [1.82, 2.24) is 9.80 Å². The lowest BCUT2D eigenvalue weighted by Crippen LogP contribution is -2.39. The first kappa shape index (κ1) is 21.3. The number of piperidine rings is 1. The number of anilines is 1. The molecular formula is C23H33N3S2. The molecule has 0 radical (unpaired) electrons. The van der Waals surface area contributed by atoms with Crippen LogP contribution in [0.25, 0.3) is 0 Å². The number of hydrogen-bond donors (Lipinski definition) is 1. The van der Waals surface area contributed by atoms with Crippen molar-refractivity contribution in [1.29, 1.82) is 0 Å². The van der Waals surface area contributed by atoms with E-state index in [1.54, 1.807) is 11.3 Å². The summed E-state index contributed by atoms with van der Waals surface area (Å²) in [5.74, 6) is 0.837. The third kappa shape index (κ3) is 6.29. The molecule has 152 valence electrons. The molecule has 1 atom stereocenters. The molecule has 1 aliphatic rings. The zero-order valence-corrected chi connectivity index (χ0v) is 18.8. The van der Waals surface area contributed by atoms with E-state index in [-0.39, 0.29) is 0 Å². The van der Waals surface area contributed by atoms with E-state index in [9.17, 15) is 0 Å². The first-order valence-corrected chi connectivity index (χ1v) is 11.8. The normalized spacial score (nSPS) is 17.4. The van der Waals surface area contributed by atoms with Gasteiger partial charge in [-0.05, 0) is 80.0 Å². The summed E-state index contributed by atoms with van der Waals surface area (Å²) in [5, 5.41) is 6.50. The van der Waals surface area contributed by atoms with Crippen LogP contribution < -0.4 is 5.32 Å². The van der Waals surface area contributed by atoms with Crippen LogP contribution in [0.1, 0.15) is 43.6 Å². The second kappa shape index (κ2) is 10.9. The highest BCUT2D eigenvalue weighted by molar-refractivity contribution is 7.80. The standard InChI is InChI=1S/C23H33N3S2/c1-3-20-10-4-5-12-22(20)24-23(27)26(18-21-11-7-16-28-21)15-8-14-25-13-6-9-19(2)17-25/h4-5,7,10-12,16,19H,3,6,8-9,13-15,17-18H2,1-2H3,(H,24,27)/t19-/m1/s1. The van der Waals surface area contributed by atoms with Gasteiger partial charge in [0.15, 0.2) is 5.11 Å². The Labute approximate surface area is 179 Å². The van der Waals surface area contributed by atoms with Crippen LogP contribution in [0.15, 0.2) is 41.8 Å². The highest BCUT2D eigenvalue weighted by atomic mass is 32.1. The van der Waals surface area contributed by atoms with Gasteiger partial charge in [-0.15, -0.1) is 11.3 Å². The number of thiocarbonyl (C=S) groups is 1. The fraction of sp³-hybridized carbons (Fsp3) is 0.522. The fourth-order valence-corrected chi connectivity index (χ4v) is 4.95. The summed E-state index contributed by atoms with van der Waals surface area (Å²) in [6.07, 6.45) is 4.87. The number of aryl methyl sites for hydroxylation is 1. The molecule has 0 amide bonds. The maximum Gasteiger partial charge on any atom is 0.173 e. The Morgan fingerprint density at radius 1 is 1.29 bits per heavy atom. The van der Waals surface area contributed by atoms with Gasteiger partial charge in [-0.1, -0.05) is 38.1 Å². The molecule has 0 bridgehead atoms. The van der Waals surface area contributed by atoms with E-state index in [4.69, 9.17) is 12.2 Å². The van der Waals surface area contributed by atoms with Gasteiger partial charge < -0.3 is 15.1 Å². The number of hydrogen-bond acceptors (Lipinski definition) is 3. The van der Waals surface area contributed by atoms with Gasteiger partial charge in [0.05, 0.1) is 6.54 Å². The average Bonchev–Trinajstić information content (AvgIpc) is 3.21. The van der Waals surface area contributed by atoms with Gasteiger partial charge in [0.2, 0.25) is 0 Å². The van der Waals surface area contributed by atoms with Crippen molar-refractivity contribution in [2.45, 2.75) is 46.1 Å². The second-order valence-corrected chi connectivity index (χ2v) is 9.26. The van der Waals surface area contributed by atoms with Crippen LogP contribution in [0.5, 0.6) is 0 Å². The van der Waals surface area contributed by atoms with Gasteiger partial charge in [-0.3, -0.25) is 0 Å². The van der Waals surface area contributed by atoms with Crippen LogP contribution in [0.4, 0.5) is 5.69 Å². The van der Waals surface area contributed by atoms with E-state index in [0.717, 1.165) is 42.6 Å². The highest BCUT2D eigenvalue weighted by Crippen LogP contribution is 2.19. The Bertz CT molecular complexity index is 729. The van der Waals surface area contributed by atoms with E-state index in [1.165, 1.54) is 42.9 Å². The second-order valence-electron chi connectivity index (χ2n) is 7.84. The smallest absolute Gasteiger partial charge is 0.173 e. The van der Waals surface area contributed by atoms with E-state index < -0.39 is 0 Å². The van der Waals surface area contributed by atoms with E-state index in [1.807, 2.05) is 0 Å². The van der Waals surface area contributed by atoms with Crippen LogP contribution in [0.3, 0.4) is 0 Å². The molecule has 1 aliphatic heterocycles. The zero-order valence-electron chi connectivity index (χ0n) is 17.2. The zero-order chi connectivity index (χ0) is 19.8. The Balaban J connectivity index is 1.60. The molecule has 1 fully saturated rings. The summed E-state index contributed by atoms with van der Waals surface area (Å²) in [4.78, 5) is 6.32. The molecule has 0 aliphatic carbocycles. The molecule has 0 spiro atoms. The number of benzene rings is 1. The molecule has 0 saturated carbocycles. The van der Waals surface area contributed by atoms with Gasteiger partial charge in [-0.25, -0.2) is 0 Å². The van der Waals surface area contributed by atoms with Crippen molar-refractivity contribution in [2.24, 2.45) is 5.92 Å². The first-order valence-electron chi connectivity index (χ1n) is 10.5. The van der Waals surface area contributed by atoms with Gasteiger partial charge in [0.1, 0.15) is 0 Å². The Kier molecular flexibility index (Phi) is 8.31. The first-order chi connectivity index (χ1) is 13.7. The minimum atomic E-state index is 0.835. The fourth-order valence-electron chi connectivity index (χ4n) is 3.96. The summed E-state index contributed by atoms with van der Waals surface area (Å²) >= 11 is 7.64. The van der Waals surface area contributed by atoms with Crippen molar-refractivity contribution in [3.63, 3.8) is 0 Å². The van der Waals surface area contributed by atoms with Crippen molar-refractivity contribution >= 4 is 34.4 Å². The molecule has 1 saturated heterocycles. The van der Waals surface area contributed by atoms with Crippen molar-refractivity contribution in [3.8, 4) is 0 Å².